The summed E-state index contributed by atoms with van der Waals surface area (Å²) in [6.45, 7) is 3.18. The maximum atomic E-state index is 4.40. The molecule has 0 spiro atoms. The van der Waals surface area contributed by atoms with E-state index in [1.807, 2.05) is 12.3 Å². The van der Waals surface area contributed by atoms with Gasteiger partial charge in [-0.3, -0.25) is 4.98 Å². The molecule has 19 heavy (non-hydrogen) atoms. The fourth-order valence-corrected chi connectivity index (χ4v) is 2.54. The van der Waals surface area contributed by atoms with Crippen molar-refractivity contribution < 1.29 is 0 Å². The fourth-order valence-electron chi connectivity index (χ4n) is 2.54. The van der Waals surface area contributed by atoms with Gasteiger partial charge in [0.15, 0.2) is 0 Å². The molecule has 0 fully saturated rings. The molecule has 0 saturated heterocycles. The summed E-state index contributed by atoms with van der Waals surface area (Å²) in [5.74, 6) is 0. The molecule has 0 amide bonds. The van der Waals surface area contributed by atoms with E-state index in [1.165, 1.54) is 17.8 Å². The van der Waals surface area contributed by atoms with Gasteiger partial charge in [-0.2, -0.15) is 0 Å². The van der Waals surface area contributed by atoms with E-state index in [2.05, 4.69) is 51.6 Å². The van der Waals surface area contributed by atoms with Crippen molar-refractivity contribution >= 4 is 11.4 Å². The Morgan fingerprint density at radius 2 is 2.00 bits per heavy atom. The molecule has 0 bridgehead atoms. The van der Waals surface area contributed by atoms with Crippen molar-refractivity contribution in [1.82, 2.24) is 4.98 Å². The Bertz CT molecular complexity index is 525. The van der Waals surface area contributed by atoms with E-state index in [9.17, 15) is 0 Å². The normalized spacial score (nSPS) is 14.4. The van der Waals surface area contributed by atoms with Crippen LogP contribution < -0.4 is 10.2 Å². The number of benzene rings is 1. The molecule has 0 atom stereocenters. The first-order chi connectivity index (χ1) is 9.43. The highest BCUT2D eigenvalue weighted by atomic mass is 15.2. The smallest absolute Gasteiger partial charge is 0.0602 e. The van der Waals surface area contributed by atoms with E-state index in [0.29, 0.717) is 0 Å². The van der Waals surface area contributed by atoms with E-state index >= 15 is 0 Å². The molecule has 1 aromatic carbocycles. The zero-order chi connectivity index (χ0) is 12.9. The lowest BCUT2D eigenvalue weighted by molar-refractivity contribution is 0.746. The largest absolute Gasteiger partial charge is 0.383 e. The van der Waals surface area contributed by atoms with Crippen molar-refractivity contribution in [2.24, 2.45) is 0 Å². The maximum absolute atomic E-state index is 4.40. The average molecular weight is 253 g/mol. The van der Waals surface area contributed by atoms with Gasteiger partial charge in [-0.25, -0.2) is 0 Å². The minimum Gasteiger partial charge on any atom is -0.383 e. The fraction of sp³-hybridized carbons (Fsp3) is 0.312. The molecule has 2 aromatic rings. The van der Waals surface area contributed by atoms with E-state index in [0.717, 1.165) is 31.7 Å². The first kappa shape index (κ1) is 12.0. The van der Waals surface area contributed by atoms with E-state index in [4.69, 9.17) is 0 Å². The summed E-state index contributed by atoms with van der Waals surface area (Å²) in [5.41, 5.74) is 3.73. The Labute approximate surface area is 114 Å². The molecule has 3 heteroatoms. The molecule has 2 heterocycles. The number of pyridine rings is 1. The van der Waals surface area contributed by atoms with Crippen LogP contribution in [-0.2, 0) is 6.42 Å². The summed E-state index contributed by atoms with van der Waals surface area (Å²) < 4.78 is 0. The zero-order valence-electron chi connectivity index (χ0n) is 11.0. The topological polar surface area (TPSA) is 28.2 Å². The molecule has 1 aliphatic heterocycles. The summed E-state index contributed by atoms with van der Waals surface area (Å²) in [6.07, 6.45) is 4.04. The van der Waals surface area contributed by atoms with Gasteiger partial charge in [0.1, 0.15) is 0 Å². The van der Waals surface area contributed by atoms with Crippen LogP contribution in [0.15, 0.2) is 48.7 Å². The van der Waals surface area contributed by atoms with Crippen LogP contribution in [0.4, 0.5) is 11.4 Å². The predicted molar refractivity (Wildman–Crippen MR) is 79.7 cm³/mol. The third kappa shape index (κ3) is 2.87. The molecule has 0 aliphatic carbocycles. The zero-order valence-corrected chi connectivity index (χ0v) is 11.0. The summed E-state index contributed by atoms with van der Waals surface area (Å²) in [7, 11) is 0. The van der Waals surface area contributed by atoms with Crippen LogP contribution in [0.3, 0.4) is 0 Å². The van der Waals surface area contributed by atoms with Gasteiger partial charge in [-0.15, -0.1) is 0 Å². The highest BCUT2D eigenvalue weighted by Gasteiger charge is 2.13. The van der Waals surface area contributed by atoms with Gasteiger partial charge in [-0.1, -0.05) is 18.2 Å². The van der Waals surface area contributed by atoms with Crippen LogP contribution in [-0.4, -0.2) is 24.6 Å². The Morgan fingerprint density at radius 1 is 1.11 bits per heavy atom. The minimum absolute atomic E-state index is 0.995. The second-order valence-electron chi connectivity index (χ2n) is 4.86. The Hall–Kier alpha value is -2.03. The lowest BCUT2D eigenvalue weighted by atomic mass is 10.2. The molecule has 1 aromatic heterocycles. The average Bonchev–Trinajstić information content (AvgIpc) is 2.68. The summed E-state index contributed by atoms with van der Waals surface area (Å²) >= 11 is 0. The van der Waals surface area contributed by atoms with Crippen molar-refractivity contribution in [3.05, 3.63) is 54.4 Å². The number of nitrogens with zero attached hydrogens (tertiary/aromatic N) is 2. The van der Waals surface area contributed by atoms with Gasteiger partial charge >= 0.3 is 0 Å². The number of para-hydroxylation sites is 2. The lowest BCUT2D eigenvalue weighted by Crippen LogP contribution is -2.26. The number of hydrogen-bond acceptors (Lipinski definition) is 3. The molecule has 0 radical (unpaired) electrons. The van der Waals surface area contributed by atoms with Crippen LogP contribution in [0.1, 0.15) is 12.1 Å². The molecule has 0 saturated carbocycles. The van der Waals surface area contributed by atoms with Crippen molar-refractivity contribution in [3.63, 3.8) is 0 Å². The number of aromatic nitrogens is 1. The second kappa shape index (κ2) is 5.74. The highest BCUT2D eigenvalue weighted by Crippen LogP contribution is 2.27. The molecular formula is C16H19N3. The summed E-state index contributed by atoms with van der Waals surface area (Å²) in [5, 5.41) is 3.50. The van der Waals surface area contributed by atoms with Gasteiger partial charge < -0.3 is 10.2 Å². The molecule has 0 unspecified atom stereocenters. The number of nitrogens with one attached hydrogen (secondary N) is 1. The van der Waals surface area contributed by atoms with E-state index < -0.39 is 0 Å². The van der Waals surface area contributed by atoms with Crippen LogP contribution >= 0.6 is 0 Å². The van der Waals surface area contributed by atoms with Gasteiger partial charge in [-0.05, 0) is 30.7 Å². The van der Waals surface area contributed by atoms with Crippen LogP contribution in [0.25, 0.3) is 0 Å². The summed E-state index contributed by atoms with van der Waals surface area (Å²) in [6, 6.07) is 14.7. The number of fused-ring (bicyclic) bond motifs is 1. The Balaban J connectivity index is 1.74. The highest BCUT2D eigenvalue weighted by molar-refractivity contribution is 5.70. The van der Waals surface area contributed by atoms with Gasteiger partial charge in [0.2, 0.25) is 0 Å². The first-order valence-corrected chi connectivity index (χ1v) is 6.91. The van der Waals surface area contributed by atoms with Crippen LogP contribution in [0.2, 0.25) is 0 Å². The van der Waals surface area contributed by atoms with Gasteiger partial charge in [0.25, 0.3) is 0 Å². The van der Waals surface area contributed by atoms with Gasteiger partial charge in [0, 0.05) is 37.9 Å². The molecule has 1 N–H and O–H groups in total. The molecule has 3 nitrogen and oxygen atoms in total. The maximum Gasteiger partial charge on any atom is 0.0602 e. The van der Waals surface area contributed by atoms with Crippen molar-refractivity contribution in [1.29, 1.82) is 0 Å². The SMILES string of the molecule is c1ccc(CCN2CCCNc3ccccc32)nc1. The Kier molecular flexibility index (Phi) is 3.63. The van der Waals surface area contributed by atoms with Crippen molar-refractivity contribution in [3.8, 4) is 0 Å². The monoisotopic (exact) mass is 253 g/mol. The lowest BCUT2D eigenvalue weighted by Gasteiger charge is -2.24. The second-order valence-corrected chi connectivity index (χ2v) is 4.86. The molecule has 1 aliphatic rings. The quantitative estimate of drug-likeness (QED) is 0.911. The van der Waals surface area contributed by atoms with Crippen LogP contribution in [0, 0.1) is 0 Å². The Morgan fingerprint density at radius 3 is 2.89 bits per heavy atom. The number of rotatable bonds is 3. The van der Waals surface area contributed by atoms with Crippen molar-refractivity contribution in [2.75, 3.05) is 29.9 Å². The number of hydrogen-bond donors (Lipinski definition) is 1. The van der Waals surface area contributed by atoms with Crippen LogP contribution in [0.5, 0.6) is 0 Å². The standard InChI is InChI=1S/C16H19N3/c1-2-8-16-15(7-1)18-11-5-12-19(16)13-9-14-6-3-4-10-17-14/h1-4,6-8,10,18H,5,9,11-13H2. The summed E-state index contributed by atoms with van der Waals surface area (Å²) in [4.78, 5) is 6.86. The third-order valence-electron chi connectivity index (χ3n) is 3.53. The van der Waals surface area contributed by atoms with E-state index in [-0.39, 0.29) is 0 Å². The third-order valence-corrected chi connectivity index (χ3v) is 3.53. The predicted octanol–water partition coefficient (Wildman–Crippen LogP) is 2.95. The minimum atomic E-state index is 0.995. The first-order valence-electron chi connectivity index (χ1n) is 6.91. The van der Waals surface area contributed by atoms with Crippen molar-refractivity contribution in [2.45, 2.75) is 12.8 Å². The van der Waals surface area contributed by atoms with E-state index in [1.54, 1.807) is 0 Å². The molecule has 3 rings (SSSR count). The molecular weight excluding hydrogens is 234 g/mol. The molecule has 98 valence electrons. The number of anilines is 2. The van der Waals surface area contributed by atoms with Gasteiger partial charge in [0.05, 0.1) is 11.4 Å².